The molecular formula is C9H13NO4. The second-order valence-electron chi connectivity index (χ2n) is 2.67. The number of aliphatic hydroxyl groups is 1. The molecule has 0 atom stereocenters. The normalized spacial score (nSPS) is 10.1. The molecular weight excluding hydrogens is 186 g/mol. The predicted molar refractivity (Wildman–Crippen MR) is 48.8 cm³/mol. The average Bonchev–Trinajstić information content (AvgIpc) is 2.65. The highest BCUT2D eigenvalue weighted by Gasteiger charge is 2.14. The molecule has 0 aromatic carbocycles. The molecule has 0 unspecified atom stereocenters. The summed E-state index contributed by atoms with van der Waals surface area (Å²) in [5, 5.41) is 11.5. The zero-order chi connectivity index (χ0) is 10.4. The maximum atomic E-state index is 11.1. The Bertz CT molecular complexity index is 295. The standard InChI is InChI=1S/C9H13NO4/c1-13-9(12)8-7(2-5-14-8)6-10-3-4-11/h2,5,10-11H,3-4,6H2,1H3. The van der Waals surface area contributed by atoms with Crippen molar-refractivity contribution in [3.8, 4) is 0 Å². The molecule has 5 heteroatoms. The molecule has 1 rings (SSSR count). The molecule has 0 fully saturated rings. The van der Waals surface area contributed by atoms with Gasteiger partial charge in [-0.2, -0.15) is 0 Å². The van der Waals surface area contributed by atoms with E-state index in [1.807, 2.05) is 0 Å². The number of methoxy groups -OCH3 is 1. The minimum Gasteiger partial charge on any atom is -0.463 e. The highest BCUT2D eigenvalue weighted by Crippen LogP contribution is 2.11. The summed E-state index contributed by atoms with van der Waals surface area (Å²) in [6, 6.07) is 1.69. The smallest absolute Gasteiger partial charge is 0.374 e. The molecule has 1 aromatic heterocycles. The SMILES string of the molecule is COC(=O)c1occc1CNCCO. The lowest BCUT2D eigenvalue weighted by molar-refractivity contribution is 0.0563. The number of hydrogen-bond acceptors (Lipinski definition) is 5. The number of esters is 1. The summed E-state index contributed by atoms with van der Waals surface area (Å²) in [6.45, 7) is 1.01. The van der Waals surface area contributed by atoms with E-state index in [-0.39, 0.29) is 12.4 Å². The number of hydrogen-bond donors (Lipinski definition) is 2. The van der Waals surface area contributed by atoms with Crippen molar-refractivity contribution in [1.29, 1.82) is 0 Å². The Kier molecular flexibility index (Phi) is 4.15. The Labute approximate surface area is 81.7 Å². The maximum absolute atomic E-state index is 11.1. The van der Waals surface area contributed by atoms with Crippen LogP contribution in [0, 0.1) is 0 Å². The third-order valence-corrected chi connectivity index (χ3v) is 1.72. The summed E-state index contributed by atoms with van der Waals surface area (Å²) < 4.78 is 9.50. The first-order valence-electron chi connectivity index (χ1n) is 4.26. The topological polar surface area (TPSA) is 71.7 Å². The van der Waals surface area contributed by atoms with Gasteiger partial charge in [-0.1, -0.05) is 0 Å². The quantitative estimate of drug-likeness (QED) is 0.521. The Morgan fingerprint density at radius 1 is 1.71 bits per heavy atom. The predicted octanol–water partition coefficient (Wildman–Crippen LogP) is 0.148. The Hall–Kier alpha value is -1.33. The number of ether oxygens (including phenoxy) is 1. The zero-order valence-corrected chi connectivity index (χ0v) is 7.95. The second-order valence-corrected chi connectivity index (χ2v) is 2.67. The van der Waals surface area contributed by atoms with Crippen molar-refractivity contribution >= 4 is 5.97 Å². The second kappa shape index (κ2) is 5.41. The van der Waals surface area contributed by atoms with E-state index in [0.717, 1.165) is 5.56 Å². The van der Waals surface area contributed by atoms with Crippen LogP contribution in [0.1, 0.15) is 16.1 Å². The first-order chi connectivity index (χ1) is 6.79. The van der Waals surface area contributed by atoms with Crippen LogP contribution >= 0.6 is 0 Å². The van der Waals surface area contributed by atoms with Crippen molar-refractivity contribution in [2.45, 2.75) is 6.54 Å². The van der Waals surface area contributed by atoms with Gasteiger partial charge in [0.1, 0.15) is 0 Å². The van der Waals surface area contributed by atoms with E-state index in [0.29, 0.717) is 13.1 Å². The molecule has 2 N–H and O–H groups in total. The summed E-state index contributed by atoms with van der Waals surface area (Å²) in [4.78, 5) is 11.1. The van der Waals surface area contributed by atoms with Crippen molar-refractivity contribution < 1.29 is 19.1 Å². The lowest BCUT2D eigenvalue weighted by atomic mass is 10.2. The molecule has 14 heavy (non-hydrogen) atoms. The molecule has 0 spiro atoms. The van der Waals surface area contributed by atoms with Gasteiger partial charge in [-0.3, -0.25) is 0 Å². The largest absolute Gasteiger partial charge is 0.463 e. The van der Waals surface area contributed by atoms with Gasteiger partial charge >= 0.3 is 5.97 Å². The molecule has 0 saturated heterocycles. The number of rotatable bonds is 5. The molecule has 0 aliphatic heterocycles. The van der Waals surface area contributed by atoms with Gasteiger partial charge in [0, 0.05) is 18.7 Å². The molecule has 78 valence electrons. The van der Waals surface area contributed by atoms with Crippen LogP contribution in [-0.2, 0) is 11.3 Å². The molecule has 0 aliphatic carbocycles. The van der Waals surface area contributed by atoms with E-state index in [4.69, 9.17) is 9.52 Å². The Morgan fingerprint density at radius 2 is 2.50 bits per heavy atom. The minimum absolute atomic E-state index is 0.0609. The van der Waals surface area contributed by atoms with Crippen LogP contribution in [-0.4, -0.2) is 31.3 Å². The van der Waals surface area contributed by atoms with Crippen molar-refractivity contribution in [2.24, 2.45) is 0 Å². The first-order valence-corrected chi connectivity index (χ1v) is 4.26. The van der Waals surface area contributed by atoms with Crippen LogP contribution < -0.4 is 5.32 Å². The van der Waals surface area contributed by atoms with Gasteiger partial charge in [0.2, 0.25) is 5.76 Å². The van der Waals surface area contributed by atoms with Gasteiger partial charge in [-0.15, -0.1) is 0 Å². The van der Waals surface area contributed by atoms with Gasteiger partial charge < -0.3 is 19.6 Å². The number of aliphatic hydroxyl groups excluding tert-OH is 1. The number of carbonyl (C=O) groups is 1. The maximum Gasteiger partial charge on any atom is 0.374 e. The number of carbonyl (C=O) groups excluding carboxylic acids is 1. The highest BCUT2D eigenvalue weighted by molar-refractivity contribution is 5.87. The van der Waals surface area contributed by atoms with Crippen LogP contribution in [0.3, 0.4) is 0 Å². The molecule has 0 radical (unpaired) electrons. The number of nitrogens with one attached hydrogen (secondary N) is 1. The van der Waals surface area contributed by atoms with Crippen molar-refractivity contribution in [1.82, 2.24) is 5.32 Å². The van der Waals surface area contributed by atoms with Crippen molar-refractivity contribution in [3.63, 3.8) is 0 Å². The average molecular weight is 199 g/mol. The third kappa shape index (κ3) is 2.58. The van der Waals surface area contributed by atoms with Gasteiger partial charge in [-0.05, 0) is 6.07 Å². The fourth-order valence-electron chi connectivity index (χ4n) is 1.05. The van der Waals surface area contributed by atoms with E-state index in [2.05, 4.69) is 10.1 Å². The molecule has 0 aliphatic rings. The van der Waals surface area contributed by atoms with E-state index in [1.54, 1.807) is 6.07 Å². The number of furan rings is 1. The van der Waals surface area contributed by atoms with Crippen LogP contribution in [0.25, 0.3) is 0 Å². The summed E-state index contributed by atoms with van der Waals surface area (Å²) in [6.07, 6.45) is 1.43. The summed E-state index contributed by atoms with van der Waals surface area (Å²) in [5.41, 5.74) is 0.727. The zero-order valence-electron chi connectivity index (χ0n) is 7.95. The van der Waals surface area contributed by atoms with Gasteiger partial charge in [0.05, 0.1) is 20.0 Å². The van der Waals surface area contributed by atoms with Crippen LogP contribution in [0.2, 0.25) is 0 Å². The summed E-state index contributed by atoms with van der Waals surface area (Å²) in [7, 11) is 1.30. The lowest BCUT2D eigenvalue weighted by Crippen LogP contribution is -2.18. The van der Waals surface area contributed by atoms with Crippen LogP contribution in [0.4, 0.5) is 0 Å². The van der Waals surface area contributed by atoms with E-state index in [1.165, 1.54) is 13.4 Å². The molecule has 1 heterocycles. The summed E-state index contributed by atoms with van der Waals surface area (Å²) >= 11 is 0. The molecule has 0 saturated carbocycles. The Balaban J connectivity index is 2.58. The monoisotopic (exact) mass is 199 g/mol. The van der Waals surface area contributed by atoms with Gasteiger partial charge in [0.25, 0.3) is 0 Å². The van der Waals surface area contributed by atoms with Crippen LogP contribution in [0.5, 0.6) is 0 Å². The van der Waals surface area contributed by atoms with E-state index in [9.17, 15) is 4.79 Å². The third-order valence-electron chi connectivity index (χ3n) is 1.72. The molecule has 5 nitrogen and oxygen atoms in total. The minimum atomic E-state index is -0.490. The van der Waals surface area contributed by atoms with Gasteiger partial charge in [0.15, 0.2) is 0 Å². The van der Waals surface area contributed by atoms with E-state index >= 15 is 0 Å². The molecule has 1 aromatic rings. The first kappa shape index (κ1) is 10.7. The Morgan fingerprint density at radius 3 is 3.14 bits per heavy atom. The van der Waals surface area contributed by atoms with Gasteiger partial charge in [-0.25, -0.2) is 4.79 Å². The lowest BCUT2D eigenvalue weighted by Gasteiger charge is -2.01. The summed E-state index contributed by atoms with van der Waals surface area (Å²) in [5.74, 6) is -0.284. The van der Waals surface area contributed by atoms with E-state index < -0.39 is 5.97 Å². The molecule has 0 bridgehead atoms. The van der Waals surface area contributed by atoms with Crippen molar-refractivity contribution in [2.75, 3.05) is 20.3 Å². The van der Waals surface area contributed by atoms with Crippen molar-refractivity contribution in [3.05, 3.63) is 23.7 Å². The molecule has 0 amide bonds. The van der Waals surface area contributed by atoms with Crippen LogP contribution in [0.15, 0.2) is 16.7 Å². The fourth-order valence-corrected chi connectivity index (χ4v) is 1.05. The highest BCUT2D eigenvalue weighted by atomic mass is 16.5. The fraction of sp³-hybridized carbons (Fsp3) is 0.444.